The van der Waals surface area contributed by atoms with Crippen molar-refractivity contribution in [2.75, 3.05) is 7.11 Å². The predicted molar refractivity (Wildman–Crippen MR) is 109 cm³/mol. The number of imide groups is 1. The molecule has 2 atom stereocenters. The quantitative estimate of drug-likeness (QED) is 0.456. The molecule has 5 heteroatoms. The van der Waals surface area contributed by atoms with Crippen LogP contribution in [0.5, 0.6) is 0 Å². The summed E-state index contributed by atoms with van der Waals surface area (Å²) in [6.07, 6.45) is 1.10. The van der Waals surface area contributed by atoms with Gasteiger partial charge >= 0.3 is 0 Å². The molecule has 28 heavy (non-hydrogen) atoms. The van der Waals surface area contributed by atoms with Crippen LogP contribution in [0.4, 0.5) is 0 Å². The second kappa shape index (κ2) is 8.09. The highest BCUT2D eigenvalue weighted by atomic mass is 16.5. The lowest BCUT2D eigenvalue weighted by molar-refractivity contribution is -0.136. The number of hydrogen-bond donors (Lipinski definition) is 1. The van der Waals surface area contributed by atoms with Crippen molar-refractivity contribution in [3.8, 4) is 0 Å². The summed E-state index contributed by atoms with van der Waals surface area (Å²) in [6.45, 7) is 7.52. The fourth-order valence-corrected chi connectivity index (χ4v) is 3.58. The average Bonchev–Trinajstić information content (AvgIpc) is 2.72. The molecule has 0 bridgehead atoms. The Labute approximate surface area is 166 Å². The molecule has 2 unspecified atom stereocenters. The Bertz CT molecular complexity index is 876. The first-order valence-corrected chi connectivity index (χ1v) is 9.33. The first-order valence-electron chi connectivity index (χ1n) is 9.33. The Morgan fingerprint density at radius 2 is 1.75 bits per heavy atom. The highest BCUT2D eigenvalue weighted by Gasteiger charge is 2.46. The summed E-state index contributed by atoms with van der Waals surface area (Å²) in [5, 5.41) is 3.25. The number of carbonyl (C=O) groups is 2. The second-order valence-electron chi connectivity index (χ2n) is 7.41. The molecule has 0 saturated carbocycles. The zero-order valence-electron chi connectivity index (χ0n) is 16.5. The number of carbonyl (C=O) groups excluding carboxylic acids is 2. The molecule has 0 radical (unpaired) electrons. The van der Waals surface area contributed by atoms with Crippen LogP contribution in [-0.2, 0) is 21.4 Å². The third-order valence-corrected chi connectivity index (χ3v) is 5.21. The van der Waals surface area contributed by atoms with Gasteiger partial charge in [0, 0.05) is 19.1 Å². The van der Waals surface area contributed by atoms with E-state index in [-0.39, 0.29) is 18.0 Å². The van der Waals surface area contributed by atoms with Gasteiger partial charge in [-0.05, 0) is 31.0 Å². The fraction of sp³-hybridized carbons (Fsp3) is 0.304. The standard InChI is InChI=1S/C23H26N2O3/c1-5-19(24-20(28-4)15-16-11-7-6-8-12-16)25-21(26)17-13-9-10-14-18(17)23(2,3)22(25)27/h5-14,19-20,24H,1,15H2,2-4H3. The van der Waals surface area contributed by atoms with Crippen LogP contribution >= 0.6 is 0 Å². The minimum atomic E-state index is -0.810. The van der Waals surface area contributed by atoms with E-state index in [4.69, 9.17) is 4.74 Å². The first kappa shape index (κ1) is 20.0. The number of rotatable bonds is 7. The molecule has 2 amide bonds. The lowest BCUT2D eigenvalue weighted by atomic mass is 9.77. The number of fused-ring (bicyclic) bond motifs is 1. The molecule has 3 rings (SSSR count). The minimum absolute atomic E-state index is 0.261. The summed E-state index contributed by atoms with van der Waals surface area (Å²) in [5.41, 5.74) is 1.57. The first-order chi connectivity index (χ1) is 13.4. The highest BCUT2D eigenvalue weighted by molar-refractivity contribution is 6.13. The van der Waals surface area contributed by atoms with E-state index in [1.807, 2.05) is 62.4 Å². The van der Waals surface area contributed by atoms with Crippen LogP contribution in [0.3, 0.4) is 0 Å². The van der Waals surface area contributed by atoms with Crippen LogP contribution in [-0.4, -0.2) is 36.2 Å². The van der Waals surface area contributed by atoms with Crippen LogP contribution in [0, 0.1) is 0 Å². The molecule has 0 aliphatic carbocycles. The Hall–Kier alpha value is -2.76. The smallest absolute Gasteiger partial charge is 0.262 e. The van der Waals surface area contributed by atoms with Gasteiger partial charge in [0.05, 0.1) is 5.41 Å². The van der Waals surface area contributed by atoms with Crippen molar-refractivity contribution >= 4 is 11.8 Å². The van der Waals surface area contributed by atoms with Gasteiger partial charge in [-0.3, -0.25) is 19.8 Å². The van der Waals surface area contributed by atoms with E-state index in [9.17, 15) is 9.59 Å². The Morgan fingerprint density at radius 3 is 2.39 bits per heavy atom. The van der Waals surface area contributed by atoms with Crippen molar-refractivity contribution in [1.29, 1.82) is 0 Å². The van der Waals surface area contributed by atoms with Crippen molar-refractivity contribution < 1.29 is 14.3 Å². The Kier molecular flexibility index (Phi) is 5.77. The predicted octanol–water partition coefficient (Wildman–Crippen LogP) is 3.26. The normalized spacial score (nSPS) is 17.8. The summed E-state index contributed by atoms with van der Waals surface area (Å²) in [4.78, 5) is 27.6. The van der Waals surface area contributed by atoms with Gasteiger partial charge in [-0.1, -0.05) is 61.2 Å². The van der Waals surface area contributed by atoms with Gasteiger partial charge in [-0.2, -0.15) is 0 Å². The summed E-state index contributed by atoms with van der Waals surface area (Å²) in [6, 6.07) is 17.2. The monoisotopic (exact) mass is 378 g/mol. The molecule has 0 fully saturated rings. The van der Waals surface area contributed by atoms with E-state index in [1.165, 1.54) is 4.90 Å². The Morgan fingerprint density at radius 1 is 1.11 bits per heavy atom. The zero-order valence-corrected chi connectivity index (χ0v) is 16.5. The number of ether oxygens (including phenoxy) is 1. The van der Waals surface area contributed by atoms with Gasteiger partial charge in [0.15, 0.2) is 0 Å². The molecule has 0 spiro atoms. The second-order valence-corrected chi connectivity index (χ2v) is 7.41. The van der Waals surface area contributed by atoms with E-state index in [0.717, 1.165) is 11.1 Å². The largest absolute Gasteiger partial charge is 0.366 e. The summed E-state index contributed by atoms with van der Waals surface area (Å²) in [5.74, 6) is -0.588. The molecule has 146 valence electrons. The zero-order chi connectivity index (χ0) is 20.3. The molecule has 2 aromatic rings. The van der Waals surface area contributed by atoms with Crippen molar-refractivity contribution in [3.63, 3.8) is 0 Å². The Balaban J connectivity index is 1.88. The molecule has 2 aromatic carbocycles. The van der Waals surface area contributed by atoms with Gasteiger partial charge in [0.25, 0.3) is 5.91 Å². The topological polar surface area (TPSA) is 58.6 Å². The van der Waals surface area contributed by atoms with E-state index in [0.29, 0.717) is 12.0 Å². The minimum Gasteiger partial charge on any atom is -0.366 e. The third kappa shape index (κ3) is 3.63. The van der Waals surface area contributed by atoms with Crippen LogP contribution in [0.15, 0.2) is 67.3 Å². The van der Waals surface area contributed by atoms with Gasteiger partial charge < -0.3 is 4.74 Å². The van der Waals surface area contributed by atoms with Crippen molar-refractivity contribution in [3.05, 3.63) is 83.9 Å². The van der Waals surface area contributed by atoms with E-state index in [1.54, 1.807) is 19.3 Å². The lowest BCUT2D eigenvalue weighted by Crippen LogP contribution is -2.60. The summed E-state index contributed by atoms with van der Waals surface area (Å²) >= 11 is 0. The number of benzene rings is 2. The van der Waals surface area contributed by atoms with Crippen molar-refractivity contribution in [1.82, 2.24) is 10.2 Å². The summed E-state index contributed by atoms with van der Waals surface area (Å²) < 4.78 is 5.56. The number of nitrogens with one attached hydrogen (secondary N) is 1. The lowest BCUT2D eigenvalue weighted by Gasteiger charge is -2.41. The van der Waals surface area contributed by atoms with Gasteiger partial charge in [-0.25, -0.2) is 0 Å². The molecule has 1 aliphatic heterocycles. The van der Waals surface area contributed by atoms with E-state index >= 15 is 0 Å². The molecule has 1 aliphatic rings. The SMILES string of the molecule is C=CC(NC(Cc1ccccc1)OC)N1C(=O)c2ccccc2C(C)(C)C1=O. The highest BCUT2D eigenvalue weighted by Crippen LogP contribution is 2.35. The van der Waals surface area contributed by atoms with Gasteiger partial charge in [-0.15, -0.1) is 0 Å². The van der Waals surface area contributed by atoms with Crippen LogP contribution in [0.2, 0.25) is 0 Å². The van der Waals surface area contributed by atoms with Crippen molar-refractivity contribution in [2.45, 2.75) is 38.1 Å². The maximum absolute atomic E-state index is 13.2. The number of hydrogen-bond acceptors (Lipinski definition) is 4. The molecule has 1 heterocycles. The third-order valence-electron chi connectivity index (χ3n) is 5.21. The molecule has 0 saturated heterocycles. The average molecular weight is 378 g/mol. The molecular weight excluding hydrogens is 352 g/mol. The maximum Gasteiger partial charge on any atom is 0.262 e. The van der Waals surface area contributed by atoms with Crippen LogP contribution in [0.1, 0.15) is 35.3 Å². The van der Waals surface area contributed by atoms with E-state index < -0.39 is 11.6 Å². The number of amides is 2. The van der Waals surface area contributed by atoms with Crippen LogP contribution < -0.4 is 5.32 Å². The maximum atomic E-state index is 13.2. The van der Waals surface area contributed by atoms with Crippen LogP contribution in [0.25, 0.3) is 0 Å². The fourth-order valence-electron chi connectivity index (χ4n) is 3.58. The van der Waals surface area contributed by atoms with Gasteiger partial charge in [0.1, 0.15) is 12.4 Å². The van der Waals surface area contributed by atoms with E-state index in [2.05, 4.69) is 11.9 Å². The molecule has 0 aromatic heterocycles. The number of nitrogens with zero attached hydrogens (tertiary/aromatic N) is 1. The summed E-state index contributed by atoms with van der Waals surface area (Å²) in [7, 11) is 1.60. The molecule has 5 nitrogen and oxygen atoms in total. The number of methoxy groups -OCH3 is 1. The molecular formula is C23H26N2O3. The van der Waals surface area contributed by atoms with Crippen molar-refractivity contribution in [2.24, 2.45) is 0 Å². The van der Waals surface area contributed by atoms with Gasteiger partial charge in [0.2, 0.25) is 5.91 Å². The molecule has 1 N–H and O–H groups in total.